The highest BCUT2D eigenvalue weighted by Gasteiger charge is 2.42. The van der Waals surface area contributed by atoms with Crippen molar-refractivity contribution in [2.45, 2.75) is 31.2 Å². The molecule has 0 N–H and O–H groups in total. The normalized spacial score (nSPS) is 17.8. The first-order valence-corrected chi connectivity index (χ1v) is 5.39. The zero-order chi connectivity index (χ0) is 9.15. The van der Waals surface area contributed by atoms with E-state index in [4.69, 9.17) is 0 Å². The van der Waals surface area contributed by atoms with Crippen LogP contribution in [0.3, 0.4) is 0 Å². The first kappa shape index (κ1) is 8.67. The van der Waals surface area contributed by atoms with E-state index >= 15 is 0 Å². The molecule has 0 atom stereocenters. The molecule has 1 aromatic rings. The largest absolute Gasteiger partial charge is 0.235 e. The van der Waals surface area contributed by atoms with Crippen LogP contribution in [0.2, 0.25) is 0 Å². The zero-order valence-corrected chi connectivity index (χ0v) is 8.14. The van der Waals surface area contributed by atoms with Crippen molar-refractivity contribution < 1.29 is 4.79 Å². The molecule has 1 saturated carbocycles. The first-order chi connectivity index (χ1) is 6.35. The molecule has 68 valence electrons. The third-order valence-electron chi connectivity index (χ3n) is 2.57. The quantitative estimate of drug-likeness (QED) is 0.533. The van der Waals surface area contributed by atoms with Crippen molar-refractivity contribution in [2.24, 2.45) is 4.99 Å². The Morgan fingerprint density at radius 1 is 1.62 bits per heavy atom. The topological polar surface area (TPSA) is 29.4 Å². The summed E-state index contributed by atoms with van der Waals surface area (Å²) in [5.74, 6) is 0. The van der Waals surface area contributed by atoms with E-state index in [2.05, 4.69) is 21.8 Å². The van der Waals surface area contributed by atoms with Crippen LogP contribution in [0.25, 0.3) is 0 Å². The van der Waals surface area contributed by atoms with E-state index in [1.54, 1.807) is 17.4 Å². The number of hydrogen-bond acceptors (Lipinski definition) is 3. The van der Waals surface area contributed by atoms with Crippen LogP contribution >= 0.6 is 11.3 Å². The Bertz CT molecular complexity index is 321. The number of hydrogen-bond donors (Lipinski definition) is 0. The lowest BCUT2D eigenvalue weighted by Crippen LogP contribution is -2.05. The van der Waals surface area contributed by atoms with Crippen LogP contribution in [0.4, 0.5) is 0 Å². The molecule has 0 spiro atoms. The highest BCUT2D eigenvalue weighted by molar-refractivity contribution is 7.07. The Kier molecular flexibility index (Phi) is 2.30. The third-order valence-corrected chi connectivity index (χ3v) is 3.30. The molecule has 0 aliphatic heterocycles. The molecule has 0 bridgehead atoms. The van der Waals surface area contributed by atoms with Gasteiger partial charge < -0.3 is 0 Å². The van der Waals surface area contributed by atoms with Crippen molar-refractivity contribution in [3.05, 3.63) is 22.4 Å². The van der Waals surface area contributed by atoms with Crippen LogP contribution in [0.1, 0.15) is 24.8 Å². The lowest BCUT2D eigenvalue weighted by atomic mass is 10.1. The van der Waals surface area contributed by atoms with Gasteiger partial charge in [-0.1, -0.05) is 0 Å². The number of isocyanates is 1. The van der Waals surface area contributed by atoms with Gasteiger partial charge in [0.2, 0.25) is 6.08 Å². The number of aryl methyl sites for hydroxylation is 1. The van der Waals surface area contributed by atoms with Crippen molar-refractivity contribution in [1.82, 2.24) is 0 Å². The lowest BCUT2D eigenvalue weighted by Gasteiger charge is -2.04. The van der Waals surface area contributed by atoms with E-state index < -0.39 is 0 Å². The van der Waals surface area contributed by atoms with E-state index in [0.717, 1.165) is 25.7 Å². The van der Waals surface area contributed by atoms with Crippen LogP contribution in [0.5, 0.6) is 0 Å². The van der Waals surface area contributed by atoms with Crippen LogP contribution < -0.4 is 0 Å². The van der Waals surface area contributed by atoms with Crippen molar-refractivity contribution >= 4 is 17.4 Å². The molecular weight excluding hydrogens is 182 g/mol. The Balaban J connectivity index is 1.89. The Hall–Kier alpha value is -0.920. The van der Waals surface area contributed by atoms with Gasteiger partial charge >= 0.3 is 0 Å². The van der Waals surface area contributed by atoms with Crippen LogP contribution in [-0.4, -0.2) is 11.6 Å². The van der Waals surface area contributed by atoms with Gasteiger partial charge in [0.05, 0.1) is 5.54 Å². The average molecular weight is 193 g/mol. The second-order valence-corrected chi connectivity index (χ2v) is 4.34. The van der Waals surface area contributed by atoms with Gasteiger partial charge in [-0.3, -0.25) is 0 Å². The zero-order valence-electron chi connectivity index (χ0n) is 7.32. The van der Waals surface area contributed by atoms with Crippen molar-refractivity contribution in [3.8, 4) is 0 Å². The third kappa shape index (κ3) is 2.06. The average Bonchev–Trinajstić information content (AvgIpc) is 2.71. The minimum absolute atomic E-state index is 0.0241. The van der Waals surface area contributed by atoms with Gasteiger partial charge in [-0.25, -0.2) is 4.79 Å². The summed E-state index contributed by atoms with van der Waals surface area (Å²) in [6, 6.07) is 2.13. The number of rotatable bonds is 4. The molecule has 1 aromatic heterocycles. The molecule has 1 heterocycles. The van der Waals surface area contributed by atoms with Gasteiger partial charge in [-0.2, -0.15) is 16.3 Å². The highest BCUT2D eigenvalue weighted by atomic mass is 32.1. The summed E-state index contributed by atoms with van der Waals surface area (Å²) >= 11 is 1.72. The van der Waals surface area contributed by atoms with Gasteiger partial charge in [-0.05, 0) is 48.1 Å². The molecule has 0 saturated heterocycles. The summed E-state index contributed by atoms with van der Waals surface area (Å²) in [4.78, 5) is 14.0. The highest BCUT2D eigenvalue weighted by Crippen LogP contribution is 2.43. The molecular formula is C10H11NOS. The molecule has 1 fully saturated rings. The van der Waals surface area contributed by atoms with E-state index in [1.807, 2.05) is 0 Å². The molecule has 0 amide bonds. The summed E-state index contributed by atoms with van der Waals surface area (Å²) in [5, 5.41) is 4.23. The summed E-state index contributed by atoms with van der Waals surface area (Å²) in [6.45, 7) is 0. The van der Waals surface area contributed by atoms with E-state index in [1.165, 1.54) is 5.56 Å². The Labute approximate surface area is 81.3 Å². The molecule has 0 aromatic carbocycles. The maximum absolute atomic E-state index is 10.1. The van der Waals surface area contributed by atoms with Gasteiger partial charge in [0.1, 0.15) is 0 Å². The maximum atomic E-state index is 10.1. The van der Waals surface area contributed by atoms with E-state index in [0.29, 0.717) is 0 Å². The van der Waals surface area contributed by atoms with Gasteiger partial charge in [0, 0.05) is 0 Å². The molecule has 0 radical (unpaired) electrons. The van der Waals surface area contributed by atoms with E-state index in [-0.39, 0.29) is 5.54 Å². The van der Waals surface area contributed by atoms with Crippen LogP contribution in [0, 0.1) is 0 Å². The fourth-order valence-corrected chi connectivity index (χ4v) is 2.17. The fourth-order valence-electron chi connectivity index (χ4n) is 1.47. The van der Waals surface area contributed by atoms with Gasteiger partial charge in [-0.15, -0.1) is 0 Å². The molecule has 1 aliphatic rings. The number of carbonyl (C=O) groups excluding carboxylic acids is 1. The summed E-state index contributed by atoms with van der Waals surface area (Å²) in [5.41, 5.74) is 1.33. The van der Waals surface area contributed by atoms with Crippen molar-refractivity contribution in [2.75, 3.05) is 0 Å². The SMILES string of the molecule is O=C=NC1(CCc2ccsc2)CC1. The molecule has 0 unspecified atom stereocenters. The standard InChI is InChI=1S/C10H11NOS/c12-8-11-10(4-5-10)3-1-9-2-6-13-7-9/h2,6-7H,1,3-5H2. The van der Waals surface area contributed by atoms with Crippen molar-refractivity contribution in [3.63, 3.8) is 0 Å². The summed E-state index contributed by atoms with van der Waals surface area (Å²) < 4.78 is 0. The maximum Gasteiger partial charge on any atom is 0.235 e. The molecule has 1 aliphatic carbocycles. The van der Waals surface area contributed by atoms with Crippen LogP contribution in [0.15, 0.2) is 21.8 Å². The van der Waals surface area contributed by atoms with E-state index in [9.17, 15) is 4.79 Å². The molecule has 13 heavy (non-hydrogen) atoms. The lowest BCUT2D eigenvalue weighted by molar-refractivity contribution is 0.546. The predicted octanol–water partition coefficient (Wildman–Crippen LogP) is 2.55. The molecule has 3 heteroatoms. The summed E-state index contributed by atoms with van der Waals surface area (Å²) in [6.07, 6.45) is 5.84. The second kappa shape index (κ2) is 3.44. The monoisotopic (exact) mass is 193 g/mol. The van der Waals surface area contributed by atoms with Gasteiger partial charge in [0.15, 0.2) is 0 Å². The van der Waals surface area contributed by atoms with Gasteiger partial charge in [0.25, 0.3) is 0 Å². The first-order valence-electron chi connectivity index (χ1n) is 4.45. The summed E-state index contributed by atoms with van der Waals surface area (Å²) in [7, 11) is 0. The Morgan fingerprint density at radius 3 is 3.00 bits per heavy atom. The number of aliphatic imine (C=N–C) groups is 1. The number of thiophene rings is 1. The van der Waals surface area contributed by atoms with Crippen LogP contribution in [-0.2, 0) is 11.2 Å². The molecule has 2 nitrogen and oxygen atoms in total. The van der Waals surface area contributed by atoms with Crippen molar-refractivity contribution in [1.29, 1.82) is 0 Å². The predicted molar refractivity (Wildman–Crippen MR) is 52.7 cm³/mol. The smallest absolute Gasteiger partial charge is 0.211 e. The number of nitrogens with zero attached hydrogens (tertiary/aromatic N) is 1. The minimum atomic E-state index is -0.0241. The fraction of sp³-hybridized carbons (Fsp3) is 0.500. The Morgan fingerprint density at radius 2 is 2.46 bits per heavy atom. The second-order valence-electron chi connectivity index (χ2n) is 3.56. The minimum Gasteiger partial charge on any atom is -0.211 e. The molecule has 2 rings (SSSR count).